The molecule has 1 aromatic rings. The Hall–Kier alpha value is -0.740. The molecule has 2 rings (SSSR count). The Morgan fingerprint density at radius 1 is 1.25 bits per heavy atom. The minimum Gasteiger partial charge on any atom is -0.496 e. The van der Waals surface area contributed by atoms with Gasteiger partial charge in [0.2, 0.25) is 0 Å². The van der Waals surface area contributed by atoms with Crippen LogP contribution in [0.5, 0.6) is 11.5 Å². The van der Waals surface area contributed by atoms with Crippen molar-refractivity contribution in [2.45, 2.75) is 12.3 Å². The second-order valence-corrected chi connectivity index (χ2v) is 4.68. The van der Waals surface area contributed by atoms with Gasteiger partial charge < -0.3 is 14.8 Å². The van der Waals surface area contributed by atoms with E-state index >= 15 is 0 Å². The van der Waals surface area contributed by atoms with Gasteiger partial charge >= 0.3 is 0 Å². The van der Waals surface area contributed by atoms with E-state index in [0.29, 0.717) is 5.92 Å². The molecular weight excluding hydrogens is 270 g/mol. The Labute approximate surface area is 104 Å². The molecule has 0 spiro atoms. The average molecular weight is 286 g/mol. The van der Waals surface area contributed by atoms with Crippen molar-refractivity contribution >= 4 is 15.9 Å². The molecule has 0 aromatic heterocycles. The van der Waals surface area contributed by atoms with Crippen LogP contribution in [-0.4, -0.2) is 27.3 Å². The summed E-state index contributed by atoms with van der Waals surface area (Å²) in [7, 11) is 3.39. The molecule has 1 aromatic carbocycles. The van der Waals surface area contributed by atoms with Crippen LogP contribution >= 0.6 is 15.9 Å². The Bertz CT molecular complexity index is 376. The molecule has 1 aliphatic heterocycles. The SMILES string of the molecule is COc1ccc(OC)c(C2CCNC2)c1Br. The standard InChI is InChI=1S/C12H16BrNO2/c1-15-9-3-4-10(16-2)12(13)11(9)8-5-6-14-7-8/h3-4,8,14H,5-7H2,1-2H3. The second-order valence-electron chi connectivity index (χ2n) is 3.89. The molecule has 3 nitrogen and oxygen atoms in total. The van der Waals surface area contributed by atoms with Gasteiger partial charge in [0.1, 0.15) is 11.5 Å². The first-order valence-electron chi connectivity index (χ1n) is 5.39. The summed E-state index contributed by atoms with van der Waals surface area (Å²) in [6.07, 6.45) is 1.14. The lowest BCUT2D eigenvalue weighted by atomic mass is 9.97. The van der Waals surface area contributed by atoms with Crippen LogP contribution in [0.1, 0.15) is 17.9 Å². The van der Waals surface area contributed by atoms with Crippen LogP contribution in [0.25, 0.3) is 0 Å². The number of rotatable bonds is 3. The summed E-state index contributed by atoms with van der Waals surface area (Å²) in [4.78, 5) is 0. The zero-order chi connectivity index (χ0) is 11.5. The molecule has 1 heterocycles. The van der Waals surface area contributed by atoms with Gasteiger partial charge in [0.25, 0.3) is 0 Å². The quantitative estimate of drug-likeness (QED) is 0.926. The van der Waals surface area contributed by atoms with Crippen molar-refractivity contribution in [3.63, 3.8) is 0 Å². The molecule has 0 radical (unpaired) electrons. The highest BCUT2D eigenvalue weighted by Crippen LogP contribution is 2.41. The van der Waals surface area contributed by atoms with E-state index in [-0.39, 0.29) is 0 Å². The van der Waals surface area contributed by atoms with Gasteiger partial charge in [0, 0.05) is 18.0 Å². The Morgan fingerprint density at radius 2 is 1.94 bits per heavy atom. The summed E-state index contributed by atoms with van der Waals surface area (Å²) in [6, 6.07) is 3.89. The van der Waals surface area contributed by atoms with Crippen molar-refractivity contribution in [3.8, 4) is 11.5 Å². The minimum atomic E-state index is 0.499. The Kier molecular flexibility index (Phi) is 3.71. The van der Waals surface area contributed by atoms with E-state index in [1.54, 1.807) is 14.2 Å². The van der Waals surface area contributed by atoms with E-state index in [9.17, 15) is 0 Å². The summed E-state index contributed by atoms with van der Waals surface area (Å²) in [5.41, 5.74) is 1.21. The normalized spacial score (nSPS) is 19.8. The summed E-state index contributed by atoms with van der Waals surface area (Å²) in [5.74, 6) is 2.29. The average Bonchev–Trinajstić information content (AvgIpc) is 2.81. The molecule has 0 bridgehead atoms. The molecule has 0 amide bonds. The van der Waals surface area contributed by atoms with E-state index in [4.69, 9.17) is 9.47 Å². The highest BCUT2D eigenvalue weighted by molar-refractivity contribution is 9.10. The highest BCUT2D eigenvalue weighted by Gasteiger charge is 2.24. The third-order valence-electron chi connectivity index (χ3n) is 3.01. The first kappa shape index (κ1) is 11.7. The van der Waals surface area contributed by atoms with Gasteiger partial charge in [-0.3, -0.25) is 0 Å². The number of hydrogen-bond donors (Lipinski definition) is 1. The fourth-order valence-corrected chi connectivity index (χ4v) is 2.99. The number of methoxy groups -OCH3 is 2. The van der Waals surface area contributed by atoms with Gasteiger partial charge in [-0.05, 0) is 41.0 Å². The molecule has 88 valence electrons. The lowest BCUT2D eigenvalue weighted by Crippen LogP contribution is -2.09. The van der Waals surface area contributed by atoms with Crippen LogP contribution in [0.15, 0.2) is 16.6 Å². The first-order valence-corrected chi connectivity index (χ1v) is 6.18. The predicted molar refractivity (Wildman–Crippen MR) is 67.5 cm³/mol. The van der Waals surface area contributed by atoms with E-state index < -0.39 is 0 Å². The lowest BCUT2D eigenvalue weighted by molar-refractivity contribution is 0.393. The smallest absolute Gasteiger partial charge is 0.133 e. The number of halogens is 1. The fourth-order valence-electron chi connectivity index (χ4n) is 2.17. The predicted octanol–water partition coefficient (Wildman–Crippen LogP) is 2.54. The van der Waals surface area contributed by atoms with Crippen molar-refractivity contribution in [1.82, 2.24) is 5.32 Å². The van der Waals surface area contributed by atoms with Gasteiger partial charge in [-0.2, -0.15) is 0 Å². The van der Waals surface area contributed by atoms with E-state index in [0.717, 1.165) is 35.5 Å². The van der Waals surface area contributed by atoms with Crippen molar-refractivity contribution < 1.29 is 9.47 Å². The third-order valence-corrected chi connectivity index (χ3v) is 3.83. The van der Waals surface area contributed by atoms with E-state index in [1.165, 1.54) is 5.56 Å². The molecule has 1 N–H and O–H groups in total. The Morgan fingerprint density at radius 3 is 2.50 bits per heavy atom. The fraction of sp³-hybridized carbons (Fsp3) is 0.500. The largest absolute Gasteiger partial charge is 0.496 e. The van der Waals surface area contributed by atoms with Crippen LogP contribution in [0, 0.1) is 0 Å². The van der Waals surface area contributed by atoms with Gasteiger partial charge in [-0.25, -0.2) is 0 Å². The van der Waals surface area contributed by atoms with E-state index in [2.05, 4.69) is 21.2 Å². The molecule has 1 fully saturated rings. The van der Waals surface area contributed by atoms with Crippen molar-refractivity contribution in [2.75, 3.05) is 27.3 Å². The molecule has 0 aliphatic carbocycles. The highest BCUT2D eigenvalue weighted by atomic mass is 79.9. The van der Waals surface area contributed by atoms with Gasteiger partial charge in [-0.15, -0.1) is 0 Å². The first-order chi connectivity index (χ1) is 7.77. The van der Waals surface area contributed by atoms with E-state index in [1.807, 2.05) is 12.1 Å². The number of benzene rings is 1. The van der Waals surface area contributed by atoms with Crippen LogP contribution in [-0.2, 0) is 0 Å². The number of ether oxygens (including phenoxy) is 2. The summed E-state index contributed by atoms with van der Waals surface area (Å²) >= 11 is 3.61. The van der Waals surface area contributed by atoms with Gasteiger partial charge in [-0.1, -0.05) is 0 Å². The van der Waals surface area contributed by atoms with Crippen molar-refractivity contribution in [2.24, 2.45) is 0 Å². The molecule has 16 heavy (non-hydrogen) atoms. The van der Waals surface area contributed by atoms with Crippen LogP contribution in [0.4, 0.5) is 0 Å². The van der Waals surface area contributed by atoms with Crippen molar-refractivity contribution in [3.05, 3.63) is 22.2 Å². The van der Waals surface area contributed by atoms with Crippen LogP contribution in [0.2, 0.25) is 0 Å². The summed E-state index contributed by atoms with van der Waals surface area (Å²) < 4.78 is 11.8. The van der Waals surface area contributed by atoms with Gasteiger partial charge in [0.05, 0.1) is 18.7 Å². The lowest BCUT2D eigenvalue weighted by Gasteiger charge is -2.17. The maximum Gasteiger partial charge on any atom is 0.133 e. The third kappa shape index (κ3) is 2.04. The summed E-state index contributed by atoms with van der Waals surface area (Å²) in [6.45, 7) is 2.07. The molecule has 1 aliphatic rings. The second kappa shape index (κ2) is 5.06. The zero-order valence-corrected chi connectivity index (χ0v) is 11.1. The maximum atomic E-state index is 5.42. The number of hydrogen-bond acceptors (Lipinski definition) is 3. The topological polar surface area (TPSA) is 30.5 Å². The summed E-state index contributed by atoms with van der Waals surface area (Å²) in [5, 5.41) is 3.37. The maximum absolute atomic E-state index is 5.42. The molecule has 0 saturated carbocycles. The number of nitrogens with one attached hydrogen (secondary N) is 1. The minimum absolute atomic E-state index is 0.499. The molecule has 1 saturated heterocycles. The van der Waals surface area contributed by atoms with Crippen LogP contribution < -0.4 is 14.8 Å². The van der Waals surface area contributed by atoms with Crippen LogP contribution in [0.3, 0.4) is 0 Å². The molecule has 4 heteroatoms. The van der Waals surface area contributed by atoms with Gasteiger partial charge in [0.15, 0.2) is 0 Å². The van der Waals surface area contributed by atoms with Crippen molar-refractivity contribution in [1.29, 1.82) is 0 Å². The molecule has 1 unspecified atom stereocenters. The molecular formula is C12H16BrNO2. The zero-order valence-electron chi connectivity index (χ0n) is 9.55. The monoisotopic (exact) mass is 285 g/mol. The Balaban J connectivity index is 2.45. The molecule has 1 atom stereocenters.